The maximum atomic E-state index is 6.12. The van der Waals surface area contributed by atoms with Crippen LogP contribution in [0.4, 0.5) is 5.95 Å². The van der Waals surface area contributed by atoms with Gasteiger partial charge < -0.3 is 24.5 Å². The highest BCUT2D eigenvalue weighted by atomic mass is 16.6. The number of aromatic nitrogens is 2. The molecule has 0 amide bonds. The van der Waals surface area contributed by atoms with Gasteiger partial charge in [0.15, 0.2) is 5.76 Å². The molecule has 172 valence electrons. The number of furan rings is 1. The summed E-state index contributed by atoms with van der Waals surface area (Å²) in [6.07, 6.45) is 3.31. The molecule has 2 aliphatic heterocycles. The standard InChI is InChI=1S/C27H26N4O3/c1-2-5-19(6-3-1)20-10-8-18(9-11-20)15-29-22-16-33-26-23(17-34-25(22)26)31-27-28-13-12-21(30-27)24-7-4-14-32-24/h1-14,22-23,25-26,29H,15-17H2,(H,28,30,31). The first-order valence-electron chi connectivity index (χ1n) is 11.6. The number of nitrogens with zero attached hydrogens (tertiary/aromatic N) is 2. The zero-order valence-corrected chi connectivity index (χ0v) is 18.6. The van der Waals surface area contributed by atoms with E-state index in [1.54, 1.807) is 12.5 Å². The number of hydrogen-bond acceptors (Lipinski definition) is 7. The molecule has 4 unspecified atom stereocenters. The maximum Gasteiger partial charge on any atom is 0.223 e. The van der Waals surface area contributed by atoms with E-state index in [0.29, 0.717) is 24.9 Å². The van der Waals surface area contributed by atoms with Crippen molar-refractivity contribution in [2.24, 2.45) is 0 Å². The highest BCUT2D eigenvalue weighted by molar-refractivity contribution is 5.63. The van der Waals surface area contributed by atoms with Crippen LogP contribution >= 0.6 is 0 Å². The number of benzene rings is 2. The molecule has 2 saturated heterocycles. The van der Waals surface area contributed by atoms with E-state index in [1.165, 1.54) is 16.7 Å². The van der Waals surface area contributed by atoms with Crippen LogP contribution in [-0.4, -0.2) is 47.5 Å². The molecule has 6 rings (SSSR count). The largest absolute Gasteiger partial charge is 0.463 e. The lowest BCUT2D eigenvalue weighted by molar-refractivity contribution is 0.0675. The van der Waals surface area contributed by atoms with E-state index in [2.05, 4.69) is 69.1 Å². The van der Waals surface area contributed by atoms with Crippen molar-refractivity contribution in [1.82, 2.24) is 15.3 Å². The Hall–Kier alpha value is -3.52. The van der Waals surface area contributed by atoms with Gasteiger partial charge in [-0.15, -0.1) is 0 Å². The summed E-state index contributed by atoms with van der Waals surface area (Å²) < 4.78 is 17.7. The zero-order chi connectivity index (χ0) is 22.7. The first kappa shape index (κ1) is 21.0. The molecule has 34 heavy (non-hydrogen) atoms. The monoisotopic (exact) mass is 454 g/mol. The highest BCUT2D eigenvalue weighted by Gasteiger charge is 2.47. The van der Waals surface area contributed by atoms with Crippen LogP contribution in [0.5, 0.6) is 0 Å². The summed E-state index contributed by atoms with van der Waals surface area (Å²) in [7, 11) is 0. The molecule has 4 aromatic rings. The predicted octanol–water partition coefficient (Wildman–Crippen LogP) is 4.14. The Labute approximate surface area is 198 Å². The van der Waals surface area contributed by atoms with E-state index in [0.717, 1.165) is 12.2 Å². The van der Waals surface area contributed by atoms with E-state index in [-0.39, 0.29) is 24.3 Å². The summed E-state index contributed by atoms with van der Waals surface area (Å²) in [5.74, 6) is 1.26. The number of rotatable bonds is 7. The molecule has 0 saturated carbocycles. The topological polar surface area (TPSA) is 81.4 Å². The van der Waals surface area contributed by atoms with Crippen molar-refractivity contribution in [2.45, 2.75) is 30.8 Å². The van der Waals surface area contributed by atoms with Crippen molar-refractivity contribution in [2.75, 3.05) is 18.5 Å². The van der Waals surface area contributed by atoms with Gasteiger partial charge in [-0.2, -0.15) is 0 Å². The minimum Gasteiger partial charge on any atom is -0.463 e. The number of hydrogen-bond donors (Lipinski definition) is 2. The van der Waals surface area contributed by atoms with Gasteiger partial charge in [-0.1, -0.05) is 54.6 Å². The second kappa shape index (κ2) is 9.38. The Morgan fingerprint density at radius 3 is 2.35 bits per heavy atom. The van der Waals surface area contributed by atoms with Crippen molar-refractivity contribution < 1.29 is 13.9 Å². The minimum atomic E-state index is -0.0474. The molecule has 2 N–H and O–H groups in total. The molecule has 7 heteroatoms. The smallest absolute Gasteiger partial charge is 0.223 e. The third-order valence-corrected chi connectivity index (χ3v) is 6.43. The summed E-state index contributed by atoms with van der Waals surface area (Å²) >= 11 is 0. The van der Waals surface area contributed by atoms with Crippen molar-refractivity contribution >= 4 is 5.95 Å². The third kappa shape index (κ3) is 4.33. The summed E-state index contributed by atoms with van der Waals surface area (Å²) in [5.41, 5.74) is 4.42. The highest BCUT2D eigenvalue weighted by Crippen LogP contribution is 2.29. The Balaban J connectivity index is 1.05. The molecule has 7 nitrogen and oxygen atoms in total. The minimum absolute atomic E-state index is 0.00523. The number of anilines is 1. The fourth-order valence-corrected chi connectivity index (χ4v) is 4.65. The van der Waals surface area contributed by atoms with Gasteiger partial charge in [0, 0.05) is 12.7 Å². The Morgan fingerprint density at radius 2 is 1.56 bits per heavy atom. The lowest BCUT2D eigenvalue weighted by atomic mass is 10.0. The summed E-state index contributed by atoms with van der Waals surface area (Å²) in [4.78, 5) is 8.93. The number of ether oxygens (including phenoxy) is 2. The summed E-state index contributed by atoms with van der Waals surface area (Å²) in [6.45, 7) is 1.93. The summed E-state index contributed by atoms with van der Waals surface area (Å²) in [6, 6.07) is 24.8. The first-order valence-corrected chi connectivity index (χ1v) is 11.6. The fourth-order valence-electron chi connectivity index (χ4n) is 4.65. The molecular formula is C27H26N4O3. The molecule has 0 radical (unpaired) electrons. The lowest BCUT2D eigenvalue weighted by Crippen LogP contribution is -2.41. The van der Waals surface area contributed by atoms with Crippen LogP contribution in [0.3, 0.4) is 0 Å². The van der Waals surface area contributed by atoms with Crippen LogP contribution in [0, 0.1) is 0 Å². The maximum absolute atomic E-state index is 6.12. The van der Waals surface area contributed by atoms with Crippen LogP contribution in [-0.2, 0) is 16.0 Å². The van der Waals surface area contributed by atoms with Gasteiger partial charge in [0.05, 0.1) is 31.6 Å². The SMILES string of the molecule is c1ccc(-c2ccc(CNC3COC4C(Nc5nccc(-c6ccco6)n5)COC34)cc2)cc1. The Bertz CT molecular complexity index is 1210. The third-order valence-electron chi connectivity index (χ3n) is 6.43. The molecule has 2 aliphatic rings. The van der Waals surface area contributed by atoms with Crippen LogP contribution in [0.15, 0.2) is 89.7 Å². The average molecular weight is 455 g/mol. The average Bonchev–Trinajstić information content (AvgIpc) is 3.64. The molecule has 0 bridgehead atoms. The van der Waals surface area contributed by atoms with Crippen LogP contribution in [0.25, 0.3) is 22.6 Å². The van der Waals surface area contributed by atoms with Crippen molar-refractivity contribution in [3.63, 3.8) is 0 Å². The van der Waals surface area contributed by atoms with Crippen molar-refractivity contribution in [3.05, 3.63) is 90.8 Å². The van der Waals surface area contributed by atoms with Gasteiger partial charge in [-0.3, -0.25) is 0 Å². The van der Waals surface area contributed by atoms with E-state index in [4.69, 9.17) is 13.9 Å². The van der Waals surface area contributed by atoms with E-state index in [1.807, 2.05) is 24.3 Å². The summed E-state index contributed by atoms with van der Waals surface area (Å²) in [5, 5.41) is 7.01. The Kier molecular flexibility index (Phi) is 5.81. The molecule has 0 spiro atoms. The molecular weight excluding hydrogens is 428 g/mol. The number of fused-ring (bicyclic) bond motifs is 1. The quantitative estimate of drug-likeness (QED) is 0.434. The van der Waals surface area contributed by atoms with Crippen molar-refractivity contribution in [3.8, 4) is 22.6 Å². The van der Waals surface area contributed by atoms with E-state index in [9.17, 15) is 0 Å². The predicted molar refractivity (Wildman–Crippen MR) is 129 cm³/mol. The molecule has 2 aromatic carbocycles. The molecule has 2 aromatic heterocycles. The lowest BCUT2D eigenvalue weighted by Gasteiger charge is -2.18. The zero-order valence-electron chi connectivity index (χ0n) is 18.6. The van der Waals surface area contributed by atoms with Crippen LogP contribution < -0.4 is 10.6 Å². The Morgan fingerprint density at radius 1 is 0.794 bits per heavy atom. The molecule has 4 atom stereocenters. The van der Waals surface area contributed by atoms with E-state index < -0.39 is 0 Å². The normalized spacial score (nSPS) is 23.6. The van der Waals surface area contributed by atoms with Gasteiger partial charge >= 0.3 is 0 Å². The fraction of sp³-hybridized carbons (Fsp3) is 0.259. The van der Waals surface area contributed by atoms with Crippen molar-refractivity contribution in [1.29, 1.82) is 0 Å². The van der Waals surface area contributed by atoms with Crippen LogP contribution in [0.1, 0.15) is 5.56 Å². The number of nitrogens with one attached hydrogen (secondary N) is 2. The molecule has 0 aliphatic carbocycles. The van der Waals surface area contributed by atoms with Crippen LogP contribution in [0.2, 0.25) is 0 Å². The second-order valence-corrected chi connectivity index (χ2v) is 8.64. The van der Waals surface area contributed by atoms with Gasteiger partial charge in [-0.25, -0.2) is 9.97 Å². The molecule has 2 fully saturated rings. The molecule has 4 heterocycles. The van der Waals surface area contributed by atoms with Gasteiger partial charge in [0.1, 0.15) is 17.9 Å². The second-order valence-electron chi connectivity index (χ2n) is 8.64. The van der Waals surface area contributed by atoms with Gasteiger partial charge in [0.25, 0.3) is 0 Å². The van der Waals surface area contributed by atoms with Gasteiger partial charge in [0.2, 0.25) is 5.95 Å². The van der Waals surface area contributed by atoms with Gasteiger partial charge in [-0.05, 0) is 34.9 Å². The van der Waals surface area contributed by atoms with E-state index >= 15 is 0 Å². The first-order chi connectivity index (χ1) is 16.8.